The van der Waals surface area contributed by atoms with Gasteiger partial charge in [0.05, 0.1) is 6.04 Å². The monoisotopic (exact) mass is 496 g/mol. The highest BCUT2D eigenvalue weighted by Crippen LogP contribution is 2.10. The molecule has 0 spiro atoms. The quantitative estimate of drug-likeness (QED) is 0.312. The van der Waals surface area contributed by atoms with Crippen LogP contribution in [0, 0.1) is 5.92 Å². The van der Waals surface area contributed by atoms with Crippen molar-refractivity contribution in [2.24, 2.45) is 11.7 Å². The van der Waals surface area contributed by atoms with Crippen LogP contribution in [0.25, 0.3) is 0 Å². The molecule has 0 aromatic heterocycles. The van der Waals surface area contributed by atoms with E-state index in [9.17, 15) is 24.0 Å². The highest BCUT2D eigenvalue weighted by Gasteiger charge is 2.31. The van der Waals surface area contributed by atoms with E-state index in [0.29, 0.717) is 5.69 Å². The maximum Gasteiger partial charge on any atom is 0.408 e. The number of para-hydroxylation sites is 1. The minimum Gasteiger partial charge on any atom is -0.445 e. The molecule has 2 rings (SSSR count). The van der Waals surface area contributed by atoms with Gasteiger partial charge in [0.25, 0.3) is 5.91 Å². The number of hydrogen-bond acceptors (Lipinski definition) is 6. The van der Waals surface area contributed by atoms with Crippen LogP contribution < -0.4 is 21.7 Å². The van der Waals surface area contributed by atoms with E-state index >= 15 is 0 Å². The Bertz CT molecular complexity index is 1040. The average molecular weight is 497 g/mol. The normalized spacial score (nSPS) is 12.2. The molecule has 0 heterocycles. The minimum absolute atomic E-state index is 0.0105. The maximum absolute atomic E-state index is 13.0. The Kier molecular flexibility index (Phi) is 11.1. The van der Waals surface area contributed by atoms with Crippen LogP contribution in [0.3, 0.4) is 0 Å². The Hall–Kier alpha value is -4.21. The van der Waals surface area contributed by atoms with E-state index in [1.165, 1.54) is 0 Å². The number of benzene rings is 2. The molecule has 192 valence electrons. The predicted octanol–water partition coefficient (Wildman–Crippen LogP) is 2.29. The molecule has 10 heteroatoms. The molecule has 2 atom stereocenters. The highest BCUT2D eigenvalue weighted by molar-refractivity contribution is 6.42. The Morgan fingerprint density at radius 2 is 1.47 bits per heavy atom. The van der Waals surface area contributed by atoms with Crippen LogP contribution in [0.5, 0.6) is 0 Å². The number of ketones is 1. The SMILES string of the molecule is CC(C)C[C@H](NC(=O)OCc1ccccc1)C(=O)N[C@@H](CCC(N)=O)C(=O)C(=O)Nc1ccccc1. The number of nitrogens with one attached hydrogen (secondary N) is 3. The molecule has 0 aliphatic heterocycles. The first-order valence-corrected chi connectivity index (χ1v) is 11.6. The first-order valence-electron chi connectivity index (χ1n) is 11.6. The van der Waals surface area contributed by atoms with Gasteiger partial charge < -0.3 is 26.4 Å². The van der Waals surface area contributed by atoms with Crippen LogP contribution in [-0.2, 0) is 30.5 Å². The molecular weight excluding hydrogens is 464 g/mol. The lowest BCUT2D eigenvalue weighted by Gasteiger charge is -2.23. The van der Waals surface area contributed by atoms with Gasteiger partial charge >= 0.3 is 6.09 Å². The third-order valence-electron chi connectivity index (χ3n) is 5.10. The number of carbonyl (C=O) groups excluding carboxylic acids is 5. The van der Waals surface area contributed by atoms with Crippen molar-refractivity contribution < 1.29 is 28.7 Å². The van der Waals surface area contributed by atoms with Crippen LogP contribution in [0.4, 0.5) is 10.5 Å². The lowest BCUT2D eigenvalue weighted by Crippen LogP contribution is -2.53. The molecule has 36 heavy (non-hydrogen) atoms. The number of Topliss-reactive ketones (excluding diaryl/α,β-unsaturated/α-hetero) is 1. The molecule has 0 bridgehead atoms. The summed E-state index contributed by atoms with van der Waals surface area (Å²) in [6.45, 7) is 3.74. The highest BCUT2D eigenvalue weighted by atomic mass is 16.5. The fourth-order valence-electron chi connectivity index (χ4n) is 3.31. The van der Waals surface area contributed by atoms with Crippen molar-refractivity contribution in [2.75, 3.05) is 5.32 Å². The summed E-state index contributed by atoms with van der Waals surface area (Å²) < 4.78 is 5.20. The number of hydrogen-bond donors (Lipinski definition) is 4. The average Bonchev–Trinajstić information content (AvgIpc) is 2.85. The van der Waals surface area contributed by atoms with Crippen LogP contribution in [-0.4, -0.2) is 41.7 Å². The third-order valence-corrected chi connectivity index (χ3v) is 5.10. The van der Waals surface area contributed by atoms with Crippen LogP contribution in [0.1, 0.15) is 38.7 Å². The van der Waals surface area contributed by atoms with Gasteiger partial charge in [-0.05, 0) is 36.5 Å². The zero-order valence-electron chi connectivity index (χ0n) is 20.4. The molecule has 0 unspecified atom stereocenters. The van der Waals surface area contributed by atoms with E-state index in [1.807, 2.05) is 32.0 Å². The first-order chi connectivity index (χ1) is 17.2. The van der Waals surface area contributed by atoms with Crippen molar-refractivity contribution in [2.45, 2.75) is 51.8 Å². The van der Waals surface area contributed by atoms with E-state index < -0.39 is 41.7 Å². The summed E-state index contributed by atoms with van der Waals surface area (Å²) in [4.78, 5) is 62.1. The van der Waals surface area contributed by atoms with Crippen LogP contribution >= 0.6 is 0 Å². The summed E-state index contributed by atoms with van der Waals surface area (Å²) in [6, 6.07) is 15.0. The van der Waals surface area contributed by atoms with Gasteiger partial charge in [-0.1, -0.05) is 62.4 Å². The molecule has 0 fully saturated rings. The van der Waals surface area contributed by atoms with E-state index in [2.05, 4.69) is 16.0 Å². The molecule has 0 saturated carbocycles. The topological polar surface area (TPSA) is 157 Å². The van der Waals surface area contributed by atoms with E-state index in [0.717, 1.165) is 5.56 Å². The van der Waals surface area contributed by atoms with Gasteiger partial charge in [-0.2, -0.15) is 0 Å². The fraction of sp³-hybridized carbons (Fsp3) is 0.346. The largest absolute Gasteiger partial charge is 0.445 e. The molecular formula is C26H32N4O6. The second kappa shape index (κ2) is 14.2. The van der Waals surface area contributed by atoms with E-state index in [4.69, 9.17) is 10.5 Å². The van der Waals surface area contributed by atoms with Crippen molar-refractivity contribution in [1.29, 1.82) is 0 Å². The second-order valence-corrected chi connectivity index (χ2v) is 8.64. The first kappa shape index (κ1) is 28.0. The maximum atomic E-state index is 13.0. The second-order valence-electron chi connectivity index (χ2n) is 8.64. The molecule has 0 radical (unpaired) electrons. The smallest absolute Gasteiger partial charge is 0.408 e. The van der Waals surface area contributed by atoms with Gasteiger partial charge in [0, 0.05) is 12.1 Å². The summed E-state index contributed by atoms with van der Waals surface area (Å²) in [5.41, 5.74) is 6.38. The van der Waals surface area contributed by atoms with E-state index in [1.54, 1.807) is 42.5 Å². The lowest BCUT2D eigenvalue weighted by atomic mass is 10.0. The Morgan fingerprint density at radius 1 is 0.861 bits per heavy atom. The number of primary amides is 1. The number of anilines is 1. The third kappa shape index (κ3) is 9.96. The molecule has 2 aromatic rings. The summed E-state index contributed by atoms with van der Waals surface area (Å²) in [6.07, 6.45) is -0.952. The van der Waals surface area contributed by atoms with Crippen LogP contribution in [0.15, 0.2) is 60.7 Å². The van der Waals surface area contributed by atoms with Gasteiger partial charge in [0.15, 0.2) is 0 Å². The number of alkyl carbamates (subject to hydrolysis) is 1. The summed E-state index contributed by atoms with van der Waals surface area (Å²) in [5, 5.41) is 7.48. The van der Waals surface area contributed by atoms with Gasteiger partial charge in [0.1, 0.15) is 12.6 Å². The zero-order chi connectivity index (χ0) is 26.5. The number of rotatable bonds is 13. The Labute approximate surface area is 210 Å². The molecule has 0 saturated heterocycles. The number of carbonyl (C=O) groups is 5. The van der Waals surface area contributed by atoms with Gasteiger partial charge in [-0.3, -0.25) is 19.2 Å². The molecule has 2 aromatic carbocycles. The molecule has 0 aliphatic carbocycles. The van der Waals surface area contributed by atoms with Crippen molar-refractivity contribution in [3.63, 3.8) is 0 Å². The zero-order valence-corrected chi connectivity index (χ0v) is 20.4. The fourth-order valence-corrected chi connectivity index (χ4v) is 3.31. The number of amides is 4. The summed E-state index contributed by atoms with van der Waals surface area (Å²) in [7, 11) is 0. The van der Waals surface area contributed by atoms with E-state index in [-0.39, 0.29) is 31.8 Å². The molecule has 4 amide bonds. The van der Waals surface area contributed by atoms with Crippen molar-refractivity contribution in [3.05, 3.63) is 66.2 Å². The van der Waals surface area contributed by atoms with Gasteiger partial charge in [0.2, 0.25) is 17.6 Å². The Morgan fingerprint density at radius 3 is 2.06 bits per heavy atom. The summed E-state index contributed by atoms with van der Waals surface area (Å²) in [5.74, 6) is -3.26. The molecule has 10 nitrogen and oxygen atoms in total. The Balaban J connectivity index is 2.07. The van der Waals surface area contributed by atoms with Crippen molar-refractivity contribution in [3.8, 4) is 0 Å². The van der Waals surface area contributed by atoms with Gasteiger partial charge in [-0.15, -0.1) is 0 Å². The summed E-state index contributed by atoms with van der Waals surface area (Å²) >= 11 is 0. The minimum atomic E-state index is -1.31. The van der Waals surface area contributed by atoms with Gasteiger partial charge in [-0.25, -0.2) is 4.79 Å². The molecule has 5 N–H and O–H groups in total. The van der Waals surface area contributed by atoms with Crippen molar-refractivity contribution in [1.82, 2.24) is 10.6 Å². The lowest BCUT2D eigenvalue weighted by molar-refractivity contribution is -0.138. The predicted molar refractivity (Wildman–Crippen MR) is 133 cm³/mol. The standard InChI is InChI=1S/C26H32N4O6/c1-17(2)15-21(30-26(35)36-16-18-9-5-3-6-10-18)24(33)29-20(13-14-22(27)31)23(32)25(34)28-19-11-7-4-8-12-19/h3-12,17,20-21H,13-16H2,1-2H3,(H2,27,31)(H,28,34)(H,29,33)(H,30,35)/t20-,21-/m0/s1. The number of nitrogens with two attached hydrogens (primary N) is 1. The van der Waals surface area contributed by atoms with Crippen molar-refractivity contribution >= 4 is 35.3 Å². The number of ether oxygens (including phenoxy) is 1. The van der Waals surface area contributed by atoms with Crippen LogP contribution in [0.2, 0.25) is 0 Å². The molecule has 0 aliphatic rings.